The molecule has 0 bridgehead atoms. The molecule has 2 N–H and O–H groups in total. The minimum Gasteiger partial charge on any atom is -0.396 e. The topological polar surface area (TPSA) is 58.0 Å². The van der Waals surface area contributed by atoms with E-state index in [0.717, 1.165) is 19.4 Å². The number of aromatic nitrogens is 2. The number of nitrogens with zero attached hydrogens (tertiary/aromatic N) is 2. The summed E-state index contributed by atoms with van der Waals surface area (Å²) in [6.07, 6.45) is 1.72. The lowest BCUT2D eigenvalue weighted by atomic mass is 10.3. The number of halogens is 1. The normalized spacial score (nSPS) is 10.0. The predicted octanol–water partition coefficient (Wildman–Crippen LogP) is 1.31. The van der Waals surface area contributed by atoms with E-state index in [-0.39, 0.29) is 6.61 Å². The van der Waals surface area contributed by atoms with Gasteiger partial charge < -0.3 is 10.4 Å². The summed E-state index contributed by atoms with van der Waals surface area (Å²) in [6.45, 7) is 1.02. The lowest BCUT2D eigenvalue weighted by Crippen LogP contribution is -2.04. The molecule has 1 aromatic rings. The molecule has 0 saturated heterocycles. The molecule has 0 amide bonds. The van der Waals surface area contributed by atoms with Crippen LogP contribution in [0.4, 0.5) is 5.82 Å². The molecule has 1 rings (SSSR count). The number of anilines is 1. The van der Waals surface area contributed by atoms with Crippen molar-refractivity contribution in [2.75, 3.05) is 18.5 Å². The Morgan fingerprint density at radius 2 is 2.15 bits per heavy atom. The third-order valence-electron chi connectivity index (χ3n) is 1.52. The molecule has 13 heavy (non-hydrogen) atoms. The summed E-state index contributed by atoms with van der Waals surface area (Å²) in [5.41, 5.74) is 0. The van der Waals surface area contributed by atoms with Crippen molar-refractivity contribution in [1.82, 2.24) is 10.2 Å². The van der Waals surface area contributed by atoms with E-state index >= 15 is 0 Å². The molecule has 1 heterocycles. The number of aliphatic hydroxyl groups excluding tert-OH is 1. The number of unbranched alkanes of at least 4 members (excludes halogenated alkanes) is 1. The molecule has 0 aromatic carbocycles. The van der Waals surface area contributed by atoms with Crippen molar-refractivity contribution in [3.8, 4) is 0 Å². The van der Waals surface area contributed by atoms with E-state index in [0.29, 0.717) is 11.0 Å². The van der Waals surface area contributed by atoms with Gasteiger partial charge in [-0.1, -0.05) is 11.6 Å². The van der Waals surface area contributed by atoms with Gasteiger partial charge in [-0.2, -0.15) is 0 Å². The SMILES string of the molecule is OCCCCNc1ccc(Cl)nn1. The first-order valence-corrected chi connectivity index (χ1v) is 4.54. The third kappa shape index (κ3) is 4.05. The van der Waals surface area contributed by atoms with Crippen LogP contribution in [0.3, 0.4) is 0 Å². The van der Waals surface area contributed by atoms with Crippen molar-refractivity contribution in [2.45, 2.75) is 12.8 Å². The lowest BCUT2D eigenvalue weighted by molar-refractivity contribution is 0.286. The zero-order valence-corrected chi connectivity index (χ0v) is 7.96. The van der Waals surface area contributed by atoms with E-state index in [1.807, 2.05) is 0 Å². The van der Waals surface area contributed by atoms with Gasteiger partial charge in [-0.05, 0) is 25.0 Å². The van der Waals surface area contributed by atoms with Crippen LogP contribution in [-0.2, 0) is 0 Å². The summed E-state index contributed by atoms with van der Waals surface area (Å²) >= 11 is 5.56. The van der Waals surface area contributed by atoms with E-state index in [1.165, 1.54) is 0 Å². The molecule has 0 unspecified atom stereocenters. The van der Waals surface area contributed by atoms with Gasteiger partial charge in [-0.25, -0.2) is 0 Å². The number of nitrogens with one attached hydrogen (secondary N) is 1. The van der Waals surface area contributed by atoms with Crippen LogP contribution in [0.2, 0.25) is 5.15 Å². The quantitative estimate of drug-likeness (QED) is 0.706. The summed E-state index contributed by atoms with van der Waals surface area (Å²) in [5, 5.41) is 19.5. The Labute approximate surface area is 81.9 Å². The van der Waals surface area contributed by atoms with Crippen molar-refractivity contribution in [1.29, 1.82) is 0 Å². The van der Waals surface area contributed by atoms with Crippen LogP contribution < -0.4 is 5.32 Å². The maximum absolute atomic E-state index is 8.53. The third-order valence-corrected chi connectivity index (χ3v) is 1.72. The summed E-state index contributed by atoms with van der Waals surface area (Å²) in [5.74, 6) is 0.710. The second kappa shape index (κ2) is 5.72. The Balaban J connectivity index is 2.25. The van der Waals surface area contributed by atoms with Crippen LogP contribution in [0, 0.1) is 0 Å². The zero-order valence-electron chi connectivity index (χ0n) is 7.20. The van der Waals surface area contributed by atoms with Gasteiger partial charge in [-0.15, -0.1) is 10.2 Å². The number of hydrogen-bond donors (Lipinski definition) is 2. The Kier molecular flexibility index (Phi) is 4.49. The highest BCUT2D eigenvalue weighted by atomic mass is 35.5. The molecule has 0 aliphatic carbocycles. The van der Waals surface area contributed by atoms with Gasteiger partial charge in [0.15, 0.2) is 5.15 Å². The molecule has 4 nitrogen and oxygen atoms in total. The Morgan fingerprint density at radius 3 is 2.77 bits per heavy atom. The molecule has 0 aliphatic heterocycles. The zero-order chi connectivity index (χ0) is 9.52. The van der Waals surface area contributed by atoms with E-state index < -0.39 is 0 Å². The average Bonchev–Trinajstić information content (AvgIpc) is 2.15. The molecule has 0 aliphatic rings. The first kappa shape index (κ1) is 10.2. The molecule has 0 atom stereocenters. The van der Waals surface area contributed by atoms with Crippen LogP contribution in [0.15, 0.2) is 12.1 Å². The second-order valence-corrected chi connectivity index (χ2v) is 2.99. The van der Waals surface area contributed by atoms with Gasteiger partial charge >= 0.3 is 0 Å². The Morgan fingerprint density at radius 1 is 1.31 bits per heavy atom. The summed E-state index contributed by atoms with van der Waals surface area (Å²) in [7, 11) is 0. The van der Waals surface area contributed by atoms with Crippen LogP contribution in [-0.4, -0.2) is 28.5 Å². The first-order chi connectivity index (χ1) is 6.33. The highest BCUT2D eigenvalue weighted by Crippen LogP contribution is 2.05. The summed E-state index contributed by atoms with van der Waals surface area (Å²) in [4.78, 5) is 0. The minimum atomic E-state index is 0.230. The van der Waals surface area contributed by atoms with Crippen molar-refractivity contribution in [3.63, 3.8) is 0 Å². The van der Waals surface area contributed by atoms with Gasteiger partial charge in [0, 0.05) is 13.2 Å². The van der Waals surface area contributed by atoms with Crippen LogP contribution in [0.5, 0.6) is 0 Å². The smallest absolute Gasteiger partial charge is 0.151 e. The molecule has 0 saturated carbocycles. The van der Waals surface area contributed by atoms with Crippen LogP contribution in [0.25, 0.3) is 0 Å². The molecule has 1 aromatic heterocycles. The van der Waals surface area contributed by atoms with Gasteiger partial charge in [0.2, 0.25) is 0 Å². The fraction of sp³-hybridized carbons (Fsp3) is 0.500. The lowest BCUT2D eigenvalue weighted by Gasteiger charge is -2.02. The number of hydrogen-bond acceptors (Lipinski definition) is 4. The molecular weight excluding hydrogens is 190 g/mol. The molecular formula is C8H12ClN3O. The number of rotatable bonds is 5. The highest BCUT2D eigenvalue weighted by molar-refractivity contribution is 6.29. The maximum atomic E-state index is 8.53. The Bertz CT molecular complexity index is 240. The fourth-order valence-corrected chi connectivity index (χ4v) is 0.964. The van der Waals surface area contributed by atoms with Crippen molar-refractivity contribution in [3.05, 3.63) is 17.3 Å². The van der Waals surface area contributed by atoms with E-state index in [4.69, 9.17) is 16.7 Å². The molecule has 0 radical (unpaired) electrons. The average molecular weight is 202 g/mol. The van der Waals surface area contributed by atoms with Crippen molar-refractivity contribution in [2.24, 2.45) is 0 Å². The molecule has 0 fully saturated rings. The van der Waals surface area contributed by atoms with Gasteiger partial charge in [0.25, 0.3) is 0 Å². The highest BCUT2D eigenvalue weighted by Gasteiger charge is 1.93. The monoisotopic (exact) mass is 201 g/mol. The number of aliphatic hydroxyl groups is 1. The predicted molar refractivity (Wildman–Crippen MR) is 51.9 cm³/mol. The largest absolute Gasteiger partial charge is 0.396 e. The summed E-state index contributed by atoms with van der Waals surface area (Å²) in [6, 6.07) is 3.46. The summed E-state index contributed by atoms with van der Waals surface area (Å²) < 4.78 is 0. The van der Waals surface area contributed by atoms with Gasteiger partial charge in [0.1, 0.15) is 5.82 Å². The molecule has 0 spiro atoms. The Hall–Kier alpha value is -0.870. The van der Waals surface area contributed by atoms with Crippen LogP contribution >= 0.6 is 11.6 Å². The van der Waals surface area contributed by atoms with Gasteiger partial charge in [0.05, 0.1) is 0 Å². The first-order valence-electron chi connectivity index (χ1n) is 4.17. The standard InChI is InChI=1S/C8H12ClN3O/c9-7-3-4-8(12-11-7)10-5-1-2-6-13/h3-4,13H,1-2,5-6H2,(H,10,12). The van der Waals surface area contributed by atoms with Crippen molar-refractivity contribution >= 4 is 17.4 Å². The maximum Gasteiger partial charge on any atom is 0.151 e. The van der Waals surface area contributed by atoms with E-state index in [9.17, 15) is 0 Å². The van der Waals surface area contributed by atoms with E-state index in [1.54, 1.807) is 12.1 Å². The molecule has 72 valence electrons. The van der Waals surface area contributed by atoms with Gasteiger partial charge in [-0.3, -0.25) is 0 Å². The molecule has 5 heteroatoms. The van der Waals surface area contributed by atoms with E-state index in [2.05, 4.69) is 15.5 Å². The fourth-order valence-electron chi connectivity index (χ4n) is 0.864. The van der Waals surface area contributed by atoms with Crippen molar-refractivity contribution < 1.29 is 5.11 Å². The minimum absolute atomic E-state index is 0.230. The second-order valence-electron chi connectivity index (χ2n) is 2.60. The van der Waals surface area contributed by atoms with Crippen LogP contribution in [0.1, 0.15) is 12.8 Å².